The van der Waals surface area contributed by atoms with Crippen LogP contribution in [0.5, 0.6) is 0 Å². The number of nitrogens with one attached hydrogen (secondary N) is 1. The molecule has 2 aromatic rings. The van der Waals surface area contributed by atoms with Gasteiger partial charge in [0.05, 0.1) is 11.1 Å². The van der Waals surface area contributed by atoms with E-state index in [2.05, 4.69) is 4.98 Å². The van der Waals surface area contributed by atoms with E-state index in [1.807, 2.05) is 0 Å². The average molecular weight is 358 g/mol. The van der Waals surface area contributed by atoms with Crippen LogP contribution in [-0.2, 0) is 10.3 Å². The zero-order valence-corrected chi connectivity index (χ0v) is 13.1. The van der Waals surface area contributed by atoms with E-state index in [1.165, 1.54) is 13.0 Å². The smallest absolute Gasteiger partial charge is 0.471 e. The van der Waals surface area contributed by atoms with Gasteiger partial charge in [-0.3, -0.25) is 4.79 Å². The predicted octanol–water partition coefficient (Wildman–Crippen LogP) is 3.41. The molecule has 1 aromatic carbocycles. The van der Waals surface area contributed by atoms with Crippen molar-refractivity contribution in [2.45, 2.75) is 31.5 Å². The molecule has 1 aliphatic rings. The maximum absolute atomic E-state index is 13.6. The summed E-state index contributed by atoms with van der Waals surface area (Å²) in [5.74, 6) is -4.08. The summed E-state index contributed by atoms with van der Waals surface area (Å²) in [6.45, 7) is 1.41. The number of likely N-dealkylation sites (tertiary alicyclic amines) is 1. The average Bonchev–Trinajstić information content (AvgIpc) is 3.08. The van der Waals surface area contributed by atoms with Gasteiger partial charge in [-0.25, -0.2) is 9.18 Å². The molecule has 1 saturated heterocycles. The summed E-state index contributed by atoms with van der Waals surface area (Å²) in [5, 5.41) is 9.38. The number of aromatic amines is 1. The van der Waals surface area contributed by atoms with Gasteiger partial charge in [0.15, 0.2) is 0 Å². The van der Waals surface area contributed by atoms with Gasteiger partial charge < -0.3 is 15.0 Å². The van der Waals surface area contributed by atoms with Crippen molar-refractivity contribution in [2.75, 3.05) is 6.54 Å². The lowest BCUT2D eigenvalue weighted by Crippen LogP contribution is -2.48. The van der Waals surface area contributed by atoms with Crippen LogP contribution in [-0.4, -0.2) is 39.6 Å². The molecule has 0 radical (unpaired) electrons. The molecule has 1 aromatic heterocycles. The van der Waals surface area contributed by atoms with Crippen LogP contribution in [0, 0.1) is 5.82 Å². The molecule has 5 nitrogen and oxygen atoms in total. The minimum atomic E-state index is -5.00. The number of amides is 1. The third kappa shape index (κ3) is 2.73. The molecule has 9 heteroatoms. The lowest BCUT2D eigenvalue weighted by atomic mass is 9.94. The Morgan fingerprint density at radius 3 is 2.56 bits per heavy atom. The van der Waals surface area contributed by atoms with E-state index in [-0.39, 0.29) is 35.1 Å². The maximum atomic E-state index is 13.6. The summed E-state index contributed by atoms with van der Waals surface area (Å²) in [5.41, 5.74) is -1.18. The molecule has 1 amide bonds. The van der Waals surface area contributed by atoms with Crippen LogP contribution in [0.15, 0.2) is 18.2 Å². The molecule has 3 rings (SSSR count). The SMILES string of the molecule is CC1(c2cc3c(C(=O)O)cc(F)cc3[nH]2)CCCN1C(=O)C(F)(F)F. The number of rotatable bonds is 2. The predicted molar refractivity (Wildman–Crippen MR) is 79.6 cm³/mol. The van der Waals surface area contributed by atoms with E-state index < -0.39 is 29.4 Å². The van der Waals surface area contributed by atoms with Crippen LogP contribution in [0.1, 0.15) is 35.8 Å². The zero-order chi connectivity index (χ0) is 18.6. The summed E-state index contributed by atoms with van der Waals surface area (Å²) >= 11 is 0. The second-order valence-corrected chi connectivity index (χ2v) is 6.23. The van der Waals surface area contributed by atoms with Crippen molar-refractivity contribution in [2.24, 2.45) is 0 Å². The van der Waals surface area contributed by atoms with Gasteiger partial charge in [-0.15, -0.1) is 0 Å². The van der Waals surface area contributed by atoms with E-state index in [0.717, 1.165) is 17.0 Å². The van der Waals surface area contributed by atoms with E-state index in [0.29, 0.717) is 6.42 Å². The molecular formula is C16H14F4N2O3. The Bertz CT molecular complexity index is 874. The summed E-state index contributed by atoms with van der Waals surface area (Å²) in [4.78, 5) is 26.5. The molecule has 1 atom stereocenters. The number of halogens is 4. The van der Waals surface area contributed by atoms with Crippen molar-refractivity contribution in [3.63, 3.8) is 0 Å². The summed E-state index contributed by atoms with van der Waals surface area (Å²) in [6, 6.07) is 3.29. The van der Waals surface area contributed by atoms with Crippen LogP contribution in [0.3, 0.4) is 0 Å². The fraction of sp³-hybridized carbons (Fsp3) is 0.375. The first-order valence-corrected chi connectivity index (χ1v) is 7.49. The van der Waals surface area contributed by atoms with Crippen LogP contribution in [0.4, 0.5) is 17.6 Å². The van der Waals surface area contributed by atoms with Crippen molar-refractivity contribution < 1.29 is 32.3 Å². The van der Waals surface area contributed by atoms with Crippen molar-refractivity contribution >= 4 is 22.8 Å². The Morgan fingerprint density at radius 2 is 1.96 bits per heavy atom. The topological polar surface area (TPSA) is 73.4 Å². The number of carbonyl (C=O) groups excluding carboxylic acids is 1. The first-order valence-electron chi connectivity index (χ1n) is 7.49. The number of carbonyl (C=O) groups is 2. The van der Waals surface area contributed by atoms with Gasteiger partial charge in [-0.05, 0) is 38.0 Å². The highest BCUT2D eigenvalue weighted by atomic mass is 19.4. The van der Waals surface area contributed by atoms with Crippen molar-refractivity contribution in [1.82, 2.24) is 9.88 Å². The lowest BCUT2D eigenvalue weighted by Gasteiger charge is -2.35. The Balaban J connectivity index is 2.13. The van der Waals surface area contributed by atoms with Gasteiger partial charge in [0, 0.05) is 23.1 Å². The van der Waals surface area contributed by atoms with Crippen molar-refractivity contribution in [3.05, 3.63) is 35.3 Å². The van der Waals surface area contributed by atoms with Crippen LogP contribution >= 0.6 is 0 Å². The lowest BCUT2D eigenvalue weighted by molar-refractivity contribution is -0.189. The highest BCUT2D eigenvalue weighted by Gasteiger charge is 2.51. The number of carboxylic acid groups (broad SMARTS) is 1. The molecule has 0 aliphatic carbocycles. The molecule has 0 saturated carbocycles. The Morgan fingerprint density at radius 1 is 1.28 bits per heavy atom. The number of carboxylic acids is 1. The monoisotopic (exact) mass is 358 g/mol. The number of hydrogen-bond acceptors (Lipinski definition) is 2. The van der Waals surface area contributed by atoms with Crippen LogP contribution < -0.4 is 0 Å². The number of hydrogen-bond donors (Lipinski definition) is 2. The second-order valence-electron chi connectivity index (χ2n) is 6.23. The molecule has 1 unspecified atom stereocenters. The third-order valence-corrected chi connectivity index (χ3v) is 4.64. The zero-order valence-electron chi connectivity index (χ0n) is 13.1. The van der Waals surface area contributed by atoms with Crippen molar-refractivity contribution in [3.8, 4) is 0 Å². The molecule has 2 heterocycles. The minimum Gasteiger partial charge on any atom is -0.478 e. The molecule has 1 fully saturated rings. The van der Waals surface area contributed by atoms with Gasteiger partial charge in [0.2, 0.25) is 0 Å². The van der Waals surface area contributed by atoms with Gasteiger partial charge >= 0.3 is 18.1 Å². The van der Waals surface area contributed by atoms with E-state index in [9.17, 15) is 32.3 Å². The molecule has 0 bridgehead atoms. The number of alkyl halides is 3. The highest BCUT2D eigenvalue weighted by Crippen LogP contribution is 2.41. The molecule has 0 spiro atoms. The first-order chi connectivity index (χ1) is 11.5. The fourth-order valence-electron chi connectivity index (χ4n) is 3.39. The summed E-state index contributed by atoms with van der Waals surface area (Å²) in [6.07, 6.45) is -4.36. The Labute approximate surface area is 139 Å². The molecular weight excluding hydrogens is 344 g/mol. The number of benzene rings is 1. The van der Waals surface area contributed by atoms with Gasteiger partial charge in [0.25, 0.3) is 0 Å². The summed E-state index contributed by atoms with van der Waals surface area (Å²) < 4.78 is 52.2. The van der Waals surface area contributed by atoms with E-state index in [4.69, 9.17) is 0 Å². The van der Waals surface area contributed by atoms with E-state index >= 15 is 0 Å². The highest BCUT2D eigenvalue weighted by molar-refractivity contribution is 6.03. The molecule has 1 aliphatic heterocycles. The number of aromatic carboxylic acids is 1. The standard InChI is InChI=1S/C16H14F4N2O3/c1-15(3-2-4-22(15)14(25)16(18,19)20)12-7-9-10(13(23)24)5-8(17)6-11(9)21-12/h5-7,21H,2-4H2,1H3,(H,23,24). The quantitative estimate of drug-likeness (QED) is 0.808. The number of aromatic nitrogens is 1. The largest absolute Gasteiger partial charge is 0.478 e. The fourth-order valence-corrected chi connectivity index (χ4v) is 3.39. The van der Waals surface area contributed by atoms with Crippen molar-refractivity contribution in [1.29, 1.82) is 0 Å². The second kappa shape index (κ2) is 5.47. The van der Waals surface area contributed by atoms with Crippen LogP contribution in [0.25, 0.3) is 10.9 Å². The molecule has 2 N–H and O–H groups in total. The van der Waals surface area contributed by atoms with Gasteiger partial charge in [-0.2, -0.15) is 13.2 Å². The normalized spacial score (nSPS) is 21.1. The first kappa shape index (κ1) is 17.2. The van der Waals surface area contributed by atoms with Gasteiger partial charge in [-0.1, -0.05) is 0 Å². The summed E-state index contributed by atoms with van der Waals surface area (Å²) in [7, 11) is 0. The van der Waals surface area contributed by atoms with E-state index in [1.54, 1.807) is 0 Å². The molecule has 25 heavy (non-hydrogen) atoms. The van der Waals surface area contributed by atoms with Gasteiger partial charge in [0.1, 0.15) is 5.82 Å². The number of nitrogens with zero attached hydrogens (tertiary/aromatic N) is 1. The minimum absolute atomic E-state index is 0.0651. The Kier molecular flexibility index (Phi) is 3.77. The third-order valence-electron chi connectivity index (χ3n) is 4.64. The number of fused-ring (bicyclic) bond motifs is 1. The van der Waals surface area contributed by atoms with Crippen LogP contribution in [0.2, 0.25) is 0 Å². The Hall–Kier alpha value is -2.58. The maximum Gasteiger partial charge on any atom is 0.471 e. The molecule has 134 valence electrons. The number of H-pyrrole nitrogens is 1.